The van der Waals surface area contributed by atoms with Crippen molar-refractivity contribution >= 4 is 23.3 Å². The highest BCUT2D eigenvalue weighted by Crippen LogP contribution is 2.26. The van der Waals surface area contributed by atoms with Gasteiger partial charge in [0.2, 0.25) is 5.91 Å². The van der Waals surface area contributed by atoms with Gasteiger partial charge in [-0.1, -0.05) is 12.1 Å². The van der Waals surface area contributed by atoms with Gasteiger partial charge in [0.05, 0.1) is 18.5 Å². The number of anilines is 2. The van der Waals surface area contributed by atoms with Crippen LogP contribution in [0.4, 0.5) is 11.4 Å². The smallest absolute Gasteiger partial charge is 0.305 e. The van der Waals surface area contributed by atoms with E-state index in [2.05, 4.69) is 15.4 Å². The molecule has 0 saturated carbocycles. The van der Waals surface area contributed by atoms with Crippen molar-refractivity contribution < 1.29 is 14.3 Å². The number of amides is 1. The zero-order valence-electron chi connectivity index (χ0n) is 9.53. The van der Waals surface area contributed by atoms with E-state index in [0.29, 0.717) is 6.42 Å². The molecule has 90 valence electrons. The highest BCUT2D eigenvalue weighted by Gasteiger charge is 2.25. The van der Waals surface area contributed by atoms with Crippen LogP contribution < -0.4 is 10.6 Å². The van der Waals surface area contributed by atoms with Crippen LogP contribution in [0.2, 0.25) is 0 Å². The summed E-state index contributed by atoms with van der Waals surface area (Å²) in [5, 5.41) is 5.90. The summed E-state index contributed by atoms with van der Waals surface area (Å²) in [6, 6.07) is 7.08. The quantitative estimate of drug-likeness (QED) is 0.775. The van der Waals surface area contributed by atoms with E-state index in [-0.39, 0.29) is 24.3 Å². The van der Waals surface area contributed by atoms with Crippen LogP contribution in [-0.4, -0.2) is 25.0 Å². The molecule has 1 aromatic carbocycles. The fourth-order valence-corrected chi connectivity index (χ4v) is 1.76. The van der Waals surface area contributed by atoms with Gasteiger partial charge in [-0.2, -0.15) is 0 Å². The fraction of sp³-hybridized carbons (Fsp3) is 0.333. The van der Waals surface area contributed by atoms with Gasteiger partial charge in [0.1, 0.15) is 6.04 Å². The van der Waals surface area contributed by atoms with E-state index in [1.165, 1.54) is 7.11 Å². The Kier molecular flexibility index (Phi) is 3.27. The number of ether oxygens (including phenoxy) is 1. The Bertz CT molecular complexity index is 445. The number of carbonyl (C=O) groups excluding carboxylic acids is 2. The normalized spacial score (nSPS) is 17.7. The van der Waals surface area contributed by atoms with Gasteiger partial charge in [-0.25, -0.2) is 0 Å². The molecule has 5 nitrogen and oxygen atoms in total. The van der Waals surface area contributed by atoms with Crippen LogP contribution in [0.25, 0.3) is 0 Å². The van der Waals surface area contributed by atoms with Crippen molar-refractivity contribution in [1.82, 2.24) is 0 Å². The van der Waals surface area contributed by atoms with Crippen LogP contribution >= 0.6 is 0 Å². The average molecular weight is 234 g/mol. The van der Waals surface area contributed by atoms with E-state index in [1.54, 1.807) is 0 Å². The zero-order valence-corrected chi connectivity index (χ0v) is 9.53. The van der Waals surface area contributed by atoms with Gasteiger partial charge in [0.25, 0.3) is 0 Å². The van der Waals surface area contributed by atoms with E-state index in [4.69, 9.17) is 0 Å². The Morgan fingerprint density at radius 3 is 2.76 bits per heavy atom. The Morgan fingerprint density at radius 1 is 1.35 bits per heavy atom. The molecule has 5 heteroatoms. The molecule has 1 unspecified atom stereocenters. The Morgan fingerprint density at radius 2 is 2.06 bits per heavy atom. The minimum absolute atomic E-state index is 0.118. The van der Waals surface area contributed by atoms with Crippen LogP contribution in [0.5, 0.6) is 0 Å². The molecule has 0 spiro atoms. The van der Waals surface area contributed by atoms with Crippen molar-refractivity contribution in [1.29, 1.82) is 0 Å². The number of fused-ring (bicyclic) bond motifs is 1. The van der Waals surface area contributed by atoms with E-state index in [1.807, 2.05) is 24.3 Å². The molecule has 1 amide bonds. The molecule has 0 aromatic heterocycles. The number of rotatable bonds is 3. The van der Waals surface area contributed by atoms with Gasteiger partial charge in [0, 0.05) is 6.42 Å². The molecule has 1 aromatic rings. The lowest BCUT2D eigenvalue weighted by Gasteiger charge is -2.26. The number of hydrogen-bond acceptors (Lipinski definition) is 4. The number of hydrogen-bond donors (Lipinski definition) is 2. The van der Waals surface area contributed by atoms with Gasteiger partial charge in [-0.15, -0.1) is 0 Å². The first-order valence-electron chi connectivity index (χ1n) is 5.44. The first kappa shape index (κ1) is 11.4. The van der Waals surface area contributed by atoms with Crippen molar-refractivity contribution in [3.8, 4) is 0 Å². The average Bonchev–Trinajstić information content (AvgIpc) is 2.35. The molecule has 2 N–H and O–H groups in total. The monoisotopic (exact) mass is 234 g/mol. The van der Waals surface area contributed by atoms with Gasteiger partial charge in [0.15, 0.2) is 0 Å². The minimum atomic E-state index is -0.385. The second kappa shape index (κ2) is 4.86. The van der Waals surface area contributed by atoms with Gasteiger partial charge in [-0.3, -0.25) is 9.59 Å². The SMILES string of the molecule is COC(=O)CCC1Nc2ccccc2NC1=O. The second-order valence-corrected chi connectivity index (χ2v) is 3.85. The van der Waals surface area contributed by atoms with Crippen molar-refractivity contribution in [2.45, 2.75) is 18.9 Å². The van der Waals surface area contributed by atoms with Crippen LogP contribution in [0.15, 0.2) is 24.3 Å². The summed E-state index contributed by atoms with van der Waals surface area (Å²) in [6.45, 7) is 0. The molecule has 0 fully saturated rings. The molecule has 1 heterocycles. The third-order valence-corrected chi connectivity index (χ3v) is 2.70. The van der Waals surface area contributed by atoms with Crippen molar-refractivity contribution in [3.63, 3.8) is 0 Å². The van der Waals surface area contributed by atoms with Crippen LogP contribution in [0.3, 0.4) is 0 Å². The van der Waals surface area contributed by atoms with Crippen molar-refractivity contribution in [2.75, 3.05) is 17.7 Å². The lowest BCUT2D eigenvalue weighted by Crippen LogP contribution is -2.39. The summed E-state index contributed by atoms with van der Waals surface area (Å²) < 4.78 is 4.55. The number of carbonyl (C=O) groups is 2. The molecule has 17 heavy (non-hydrogen) atoms. The second-order valence-electron chi connectivity index (χ2n) is 3.85. The summed E-state index contributed by atoms with van der Waals surface area (Å²) in [5.41, 5.74) is 1.65. The largest absolute Gasteiger partial charge is 0.469 e. The molecule has 1 aliphatic rings. The van der Waals surface area contributed by atoms with Crippen LogP contribution in [0.1, 0.15) is 12.8 Å². The number of esters is 1. The molecule has 0 saturated heterocycles. The number of methoxy groups -OCH3 is 1. The molecule has 1 atom stereocenters. The highest BCUT2D eigenvalue weighted by molar-refractivity contribution is 6.03. The summed E-state index contributed by atoms with van der Waals surface area (Å²) >= 11 is 0. The maximum Gasteiger partial charge on any atom is 0.305 e. The Hall–Kier alpha value is -2.04. The third kappa shape index (κ3) is 2.55. The molecule has 0 radical (unpaired) electrons. The summed E-state index contributed by atoms with van der Waals surface area (Å²) in [5.74, 6) is -0.425. The molecule has 0 bridgehead atoms. The van der Waals surface area contributed by atoms with Crippen molar-refractivity contribution in [2.24, 2.45) is 0 Å². The predicted molar refractivity (Wildman–Crippen MR) is 63.7 cm³/mol. The van der Waals surface area contributed by atoms with Crippen LogP contribution in [0, 0.1) is 0 Å². The number of benzene rings is 1. The highest BCUT2D eigenvalue weighted by atomic mass is 16.5. The van der Waals surface area contributed by atoms with E-state index in [9.17, 15) is 9.59 Å². The van der Waals surface area contributed by atoms with Gasteiger partial charge >= 0.3 is 5.97 Å². The lowest BCUT2D eigenvalue weighted by molar-refractivity contribution is -0.140. The Balaban J connectivity index is 2.02. The van der Waals surface area contributed by atoms with E-state index >= 15 is 0 Å². The molecule has 1 aliphatic heterocycles. The summed E-state index contributed by atoms with van der Waals surface area (Å²) in [6.07, 6.45) is 0.649. The number of nitrogens with one attached hydrogen (secondary N) is 2. The zero-order chi connectivity index (χ0) is 12.3. The van der Waals surface area contributed by atoms with E-state index < -0.39 is 0 Å². The summed E-state index contributed by atoms with van der Waals surface area (Å²) in [4.78, 5) is 22.8. The topological polar surface area (TPSA) is 67.4 Å². The minimum Gasteiger partial charge on any atom is -0.469 e. The number of para-hydroxylation sites is 2. The molecular weight excluding hydrogens is 220 g/mol. The first-order chi connectivity index (χ1) is 8.20. The molecule has 2 rings (SSSR count). The lowest BCUT2D eigenvalue weighted by atomic mass is 10.1. The third-order valence-electron chi connectivity index (χ3n) is 2.70. The van der Waals surface area contributed by atoms with Crippen molar-refractivity contribution in [3.05, 3.63) is 24.3 Å². The van der Waals surface area contributed by atoms with Gasteiger partial charge < -0.3 is 15.4 Å². The first-order valence-corrected chi connectivity index (χ1v) is 5.44. The fourth-order valence-electron chi connectivity index (χ4n) is 1.76. The van der Waals surface area contributed by atoms with E-state index in [0.717, 1.165) is 11.4 Å². The maximum absolute atomic E-state index is 11.7. The Labute approximate surface area is 99.2 Å². The molecular formula is C12H14N2O3. The molecule has 0 aliphatic carbocycles. The standard InChI is InChI=1S/C12H14N2O3/c1-17-11(15)7-6-10-12(16)14-9-5-3-2-4-8(9)13-10/h2-5,10,13H,6-7H2,1H3,(H,14,16). The van der Waals surface area contributed by atoms with Crippen LogP contribution in [-0.2, 0) is 14.3 Å². The predicted octanol–water partition coefficient (Wildman–Crippen LogP) is 1.37. The maximum atomic E-state index is 11.7. The summed E-state index contributed by atoms with van der Waals surface area (Å²) in [7, 11) is 1.34. The van der Waals surface area contributed by atoms with Gasteiger partial charge in [-0.05, 0) is 18.6 Å².